The van der Waals surface area contributed by atoms with Crippen LogP contribution in [0.25, 0.3) is 11.1 Å². The molecule has 23 heavy (non-hydrogen) atoms. The number of hydrogen-bond donors (Lipinski definition) is 1. The zero-order valence-corrected chi connectivity index (χ0v) is 12.9. The number of para-hydroxylation sites is 1. The Morgan fingerprint density at radius 2 is 1.43 bits per heavy atom. The molecule has 0 aliphatic heterocycles. The summed E-state index contributed by atoms with van der Waals surface area (Å²) in [6.45, 7) is 0. The summed E-state index contributed by atoms with van der Waals surface area (Å²) in [6.07, 6.45) is 0. The maximum Gasteiger partial charge on any atom is 0.258 e. The second kappa shape index (κ2) is 6.36. The van der Waals surface area contributed by atoms with Crippen LogP contribution in [0.5, 0.6) is 0 Å². The molecule has 0 fully saturated rings. The van der Waals surface area contributed by atoms with E-state index in [1.807, 2.05) is 54.6 Å². The van der Waals surface area contributed by atoms with Gasteiger partial charge in [-0.2, -0.15) is 0 Å². The van der Waals surface area contributed by atoms with Crippen molar-refractivity contribution in [1.82, 2.24) is 0 Å². The first-order chi connectivity index (χ1) is 11.2. The van der Waals surface area contributed by atoms with Crippen LogP contribution < -0.4 is 10.6 Å². The van der Waals surface area contributed by atoms with Crippen LogP contribution in [0.3, 0.4) is 0 Å². The Kier molecular flexibility index (Phi) is 4.11. The van der Waals surface area contributed by atoms with Gasteiger partial charge in [0.25, 0.3) is 5.91 Å². The monoisotopic (exact) mass is 302 g/mol. The van der Waals surface area contributed by atoms with E-state index < -0.39 is 0 Å². The second-order valence-corrected chi connectivity index (χ2v) is 5.37. The molecule has 0 bridgehead atoms. The molecule has 114 valence electrons. The third-order valence-corrected chi connectivity index (χ3v) is 3.81. The van der Waals surface area contributed by atoms with Crippen molar-refractivity contribution in [3.05, 3.63) is 84.4 Å². The fourth-order valence-corrected chi connectivity index (χ4v) is 2.56. The van der Waals surface area contributed by atoms with Crippen LogP contribution in [0.15, 0.2) is 78.9 Å². The minimum Gasteiger partial charge on any atom is -0.399 e. The minimum atomic E-state index is -0.0617. The number of nitrogen functional groups attached to an aromatic ring is 1. The van der Waals surface area contributed by atoms with Crippen molar-refractivity contribution >= 4 is 17.3 Å². The Labute approximate surface area is 136 Å². The highest BCUT2D eigenvalue weighted by molar-refractivity contribution is 6.07. The normalized spacial score (nSPS) is 10.3. The van der Waals surface area contributed by atoms with Gasteiger partial charge in [0.2, 0.25) is 0 Å². The first kappa shape index (κ1) is 14.9. The topological polar surface area (TPSA) is 46.3 Å². The van der Waals surface area contributed by atoms with E-state index in [0.717, 1.165) is 16.8 Å². The molecule has 0 aliphatic carbocycles. The zero-order chi connectivity index (χ0) is 16.2. The molecule has 3 heteroatoms. The van der Waals surface area contributed by atoms with E-state index in [1.54, 1.807) is 36.2 Å². The third kappa shape index (κ3) is 3.09. The molecule has 3 aromatic carbocycles. The molecule has 0 aliphatic rings. The third-order valence-electron chi connectivity index (χ3n) is 3.81. The van der Waals surface area contributed by atoms with Crippen molar-refractivity contribution in [2.24, 2.45) is 0 Å². The van der Waals surface area contributed by atoms with E-state index in [0.29, 0.717) is 11.3 Å². The van der Waals surface area contributed by atoms with Gasteiger partial charge in [-0.15, -0.1) is 0 Å². The summed E-state index contributed by atoms with van der Waals surface area (Å²) >= 11 is 0. The molecule has 3 aromatic rings. The standard InChI is InChI=1S/C20H18N2O/c1-22(20(23)16-11-13-17(21)14-12-16)19-10-6-5-9-18(19)15-7-3-2-4-8-15/h2-14H,21H2,1H3. The first-order valence-electron chi connectivity index (χ1n) is 7.45. The van der Waals surface area contributed by atoms with Gasteiger partial charge in [-0.3, -0.25) is 4.79 Å². The number of carbonyl (C=O) groups excluding carboxylic acids is 1. The molecular weight excluding hydrogens is 284 g/mol. The predicted octanol–water partition coefficient (Wildman–Crippen LogP) is 4.21. The van der Waals surface area contributed by atoms with Crippen molar-refractivity contribution in [2.75, 3.05) is 17.7 Å². The quantitative estimate of drug-likeness (QED) is 0.737. The highest BCUT2D eigenvalue weighted by Gasteiger charge is 2.16. The average Bonchev–Trinajstić information content (AvgIpc) is 2.62. The SMILES string of the molecule is CN(C(=O)c1ccc(N)cc1)c1ccccc1-c1ccccc1. The highest BCUT2D eigenvalue weighted by Crippen LogP contribution is 2.30. The van der Waals surface area contributed by atoms with E-state index in [-0.39, 0.29) is 5.91 Å². The average molecular weight is 302 g/mol. The molecule has 3 nitrogen and oxygen atoms in total. The zero-order valence-electron chi connectivity index (χ0n) is 12.9. The Morgan fingerprint density at radius 3 is 2.13 bits per heavy atom. The van der Waals surface area contributed by atoms with Crippen molar-refractivity contribution in [3.63, 3.8) is 0 Å². The van der Waals surface area contributed by atoms with Crippen LogP contribution in [-0.2, 0) is 0 Å². The van der Waals surface area contributed by atoms with Crippen LogP contribution in [-0.4, -0.2) is 13.0 Å². The molecule has 0 unspecified atom stereocenters. The van der Waals surface area contributed by atoms with Gasteiger partial charge in [0.05, 0.1) is 5.69 Å². The number of carbonyl (C=O) groups is 1. The molecule has 0 spiro atoms. The number of nitrogens with two attached hydrogens (primary N) is 1. The van der Waals surface area contributed by atoms with E-state index in [4.69, 9.17) is 5.73 Å². The molecule has 0 radical (unpaired) electrons. The van der Waals surface area contributed by atoms with Crippen molar-refractivity contribution in [1.29, 1.82) is 0 Å². The van der Waals surface area contributed by atoms with Gasteiger partial charge in [0.15, 0.2) is 0 Å². The molecule has 0 aromatic heterocycles. The Hall–Kier alpha value is -3.07. The molecule has 3 rings (SSSR count). The van der Waals surface area contributed by atoms with Crippen LogP contribution in [0, 0.1) is 0 Å². The molecule has 0 saturated heterocycles. The second-order valence-electron chi connectivity index (χ2n) is 5.37. The smallest absolute Gasteiger partial charge is 0.258 e. The summed E-state index contributed by atoms with van der Waals surface area (Å²) in [5.74, 6) is -0.0617. The Bertz CT molecular complexity index is 811. The van der Waals surface area contributed by atoms with Crippen molar-refractivity contribution in [2.45, 2.75) is 0 Å². The lowest BCUT2D eigenvalue weighted by Crippen LogP contribution is -2.26. The van der Waals surface area contributed by atoms with Gasteiger partial charge in [0, 0.05) is 23.9 Å². The largest absolute Gasteiger partial charge is 0.399 e. The summed E-state index contributed by atoms with van der Waals surface area (Å²) in [6, 6.07) is 24.9. The Balaban J connectivity index is 1.98. The lowest BCUT2D eigenvalue weighted by molar-refractivity contribution is 0.0993. The van der Waals surface area contributed by atoms with Gasteiger partial charge in [-0.25, -0.2) is 0 Å². The highest BCUT2D eigenvalue weighted by atomic mass is 16.2. The maximum absolute atomic E-state index is 12.7. The van der Waals surface area contributed by atoms with Crippen LogP contribution in [0.2, 0.25) is 0 Å². The van der Waals surface area contributed by atoms with E-state index in [1.165, 1.54) is 0 Å². The molecule has 1 amide bonds. The fourth-order valence-electron chi connectivity index (χ4n) is 2.56. The summed E-state index contributed by atoms with van der Waals surface area (Å²) in [5, 5.41) is 0. The summed E-state index contributed by atoms with van der Waals surface area (Å²) in [4.78, 5) is 14.4. The van der Waals surface area contributed by atoms with Gasteiger partial charge in [-0.05, 0) is 35.9 Å². The molecular formula is C20H18N2O. The van der Waals surface area contributed by atoms with Gasteiger partial charge < -0.3 is 10.6 Å². The lowest BCUT2D eigenvalue weighted by Gasteiger charge is -2.21. The Morgan fingerprint density at radius 1 is 0.826 bits per heavy atom. The molecule has 2 N–H and O–H groups in total. The number of amides is 1. The van der Waals surface area contributed by atoms with E-state index in [9.17, 15) is 4.79 Å². The lowest BCUT2D eigenvalue weighted by atomic mass is 10.0. The number of anilines is 2. The van der Waals surface area contributed by atoms with Crippen LogP contribution >= 0.6 is 0 Å². The van der Waals surface area contributed by atoms with Crippen LogP contribution in [0.1, 0.15) is 10.4 Å². The molecule has 0 atom stereocenters. The van der Waals surface area contributed by atoms with Crippen molar-refractivity contribution in [3.8, 4) is 11.1 Å². The summed E-state index contributed by atoms with van der Waals surface area (Å²) in [7, 11) is 1.79. The minimum absolute atomic E-state index is 0.0617. The number of rotatable bonds is 3. The number of hydrogen-bond acceptors (Lipinski definition) is 2. The van der Waals surface area contributed by atoms with E-state index >= 15 is 0 Å². The van der Waals surface area contributed by atoms with Gasteiger partial charge in [0.1, 0.15) is 0 Å². The fraction of sp³-hybridized carbons (Fsp3) is 0.0500. The van der Waals surface area contributed by atoms with Crippen LogP contribution in [0.4, 0.5) is 11.4 Å². The maximum atomic E-state index is 12.7. The van der Waals surface area contributed by atoms with Gasteiger partial charge in [-0.1, -0.05) is 48.5 Å². The summed E-state index contributed by atoms with van der Waals surface area (Å²) < 4.78 is 0. The number of benzene rings is 3. The molecule has 0 saturated carbocycles. The summed E-state index contributed by atoms with van der Waals surface area (Å²) in [5.41, 5.74) is 9.94. The first-order valence-corrected chi connectivity index (χ1v) is 7.45. The van der Waals surface area contributed by atoms with Gasteiger partial charge >= 0.3 is 0 Å². The number of nitrogens with zero attached hydrogens (tertiary/aromatic N) is 1. The molecule has 0 heterocycles. The predicted molar refractivity (Wildman–Crippen MR) is 95.5 cm³/mol. The van der Waals surface area contributed by atoms with E-state index in [2.05, 4.69) is 0 Å². The van der Waals surface area contributed by atoms with Crippen molar-refractivity contribution < 1.29 is 4.79 Å².